The second kappa shape index (κ2) is 6.97. The van der Waals surface area contributed by atoms with Crippen molar-refractivity contribution < 1.29 is 15.0 Å². The number of nitrogens with zero attached hydrogens (tertiary/aromatic N) is 3. The molecule has 0 saturated carbocycles. The lowest BCUT2D eigenvalue weighted by atomic mass is 10.3. The zero-order chi connectivity index (χ0) is 15.6. The molecule has 0 spiro atoms. The van der Waals surface area contributed by atoms with Crippen molar-refractivity contribution >= 4 is 56.9 Å². The molecule has 6 nitrogen and oxygen atoms in total. The summed E-state index contributed by atoms with van der Waals surface area (Å²) in [5, 5.41) is 26.7. The molecular weight excluding hydrogens is 405 g/mol. The summed E-state index contributed by atoms with van der Waals surface area (Å²) in [6, 6.07) is 3.36. The van der Waals surface area contributed by atoms with Crippen LogP contribution in [0.2, 0.25) is 10.0 Å². The van der Waals surface area contributed by atoms with Crippen molar-refractivity contribution in [2.45, 2.75) is 11.8 Å². The van der Waals surface area contributed by atoms with Gasteiger partial charge in [-0.2, -0.15) is 0 Å². The third-order valence-electron chi connectivity index (χ3n) is 2.42. The SMILES string of the molecule is O=C(O)CSc1nnc(CO)n1-c1ccc(Br)c(Cl)c1Cl. The van der Waals surface area contributed by atoms with E-state index >= 15 is 0 Å². The molecule has 0 aliphatic rings. The van der Waals surface area contributed by atoms with Crippen LogP contribution in [0.15, 0.2) is 21.8 Å². The lowest BCUT2D eigenvalue weighted by Crippen LogP contribution is -2.05. The number of carboxylic acids is 1. The number of rotatable bonds is 5. The number of thioether (sulfide) groups is 1. The number of aromatic nitrogens is 3. The molecule has 2 N–H and O–H groups in total. The number of hydrogen-bond donors (Lipinski definition) is 2. The summed E-state index contributed by atoms with van der Waals surface area (Å²) >= 11 is 16.5. The van der Waals surface area contributed by atoms with E-state index in [2.05, 4.69) is 26.1 Å². The molecule has 0 saturated heterocycles. The lowest BCUT2D eigenvalue weighted by Gasteiger charge is -2.12. The Bertz CT molecular complexity index is 696. The number of carbonyl (C=O) groups is 1. The van der Waals surface area contributed by atoms with E-state index in [1.54, 1.807) is 12.1 Å². The van der Waals surface area contributed by atoms with E-state index in [4.69, 9.17) is 28.3 Å². The van der Waals surface area contributed by atoms with Crippen molar-refractivity contribution in [3.8, 4) is 5.69 Å². The standard InChI is InChI=1S/C11H8BrCl2N3O3S/c12-5-1-2-6(10(14)9(5)13)17-7(3-18)15-16-11(17)21-4-8(19)20/h1-2,18H,3-4H2,(H,19,20). The zero-order valence-corrected chi connectivity index (χ0v) is 14.2. The molecular formula is C11H8BrCl2N3O3S. The first kappa shape index (κ1) is 16.6. The highest BCUT2D eigenvalue weighted by Gasteiger charge is 2.19. The number of benzene rings is 1. The van der Waals surface area contributed by atoms with Gasteiger partial charge in [-0.25, -0.2) is 0 Å². The quantitative estimate of drug-likeness (QED) is 0.579. The number of hydrogen-bond acceptors (Lipinski definition) is 5. The van der Waals surface area contributed by atoms with Crippen LogP contribution < -0.4 is 0 Å². The van der Waals surface area contributed by atoms with Gasteiger partial charge in [0, 0.05) is 4.47 Å². The Morgan fingerprint density at radius 3 is 2.67 bits per heavy atom. The monoisotopic (exact) mass is 411 g/mol. The fraction of sp³-hybridized carbons (Fsp3) is 0.182. The van der Waals surface area contributed by atoms with E-state index in [1.165, 1.54) is 4.57 Å². The summed E-state index contributed by atoms with van der Waals surface area (Å²) in [7, 11) is 0. The Kier molecular flexibility index (Phi) is 5.50. The van der Waals surface area contributed by atoms with Crippen LogP contribution in [0.3, 0.4) is 0 Å². The van der Waals surface area contributed by atoms with E-state index in [-0.39, 0.29) is 23.2 Å². The Morgan fingerprint density at radius 1 is 1.33 bits per heavy atom. The van der Waals surface area contributed by atoms with E-state index in [1.807, 2.05) is 0 Å². The Labute approximate surface area is 142 Å². The summed E-state index contributed by atoms with van der Waals surface area (Å²) in [6.45, 7) is -0.370. The predicted octanol–water partition coefficient (Wildman–Crippen LogP) is 3.01. The molecule has 0 aliphatic carbocycles. The largest absolute Gasteiger partial charge is 0.481 e. The number of carboxylic acid groups (broad SMARTS) is 1. The summed E-state index contributed by atoms with van der Waals surface area (Å²) in [4.78, 5) is 10.7. The maximum atomic E-state index is 10.7. The van der Waals surface area contributed by atoms with Crippen LogP contribution in [0, 0.1) is 0 Å². The topological polar surface area (TPSA) is 88.2 Å². The smallest absolute Gasteiger partial charge is 0.313 e. The van der Waals surface area contributed by atoms with Gasteiger partial charge in [-0.1, -0.05) is 35.0 Å². The Hall–Kier alpha value is -0.800. The average Bonchev–Trinajstić information content (AvgIpc) is 2.85. The highest BCUT2D eigenvalue weighted by Crippen LogP contribution is 2.36. The molecule has 1 heterocycles. The third kappa shape index (κ3) is 3.51. The Morgan fingerprint density at radius 2 is 2.05 bits per heavy atom. The molecule has 2 rings (SSSR count). The third-order valence-corrected chi connectivity index (χ3v) is 5.10. The molecule has 21 heavy (non-hydrogen) atoms. The van der Waals surface area contributed by atoms with Crippen molar-refractivity contribution in [3.63, 3.8) is 0 Å². The van der Waals surface area contributed by atoms with Gasteiger partial charge < -0.3 is 10.2 Å². The highest BCUT2D eigenvalue weighted by atomic mass is 79.9. The van der Waals surface area contributed by atoms with Gasteiger partial charge in [0.15, 0.2) is 11.0 Å². The van der Waals surface area contributed by atoms with Gasteiger partial charge in [-0.05, 0) is 28.1 Å². The van der Waals surface area contributed by atoms with Crippen LogP contribution in [0.25, 0.3) is 5.69 Å². The second-order valence-electron chi connectivity index (χ2n) is 3.77. The van der Waals surface area contributed by atoms with Crippen molar-refractivity contribution in [3.05, 3.63) is 32.5 Å². The van der Waals surface area contributed by atoms with E-state index < -0.39 is 5.97 Å². The molecule has 0 amide bonds. The molecule has 0 atom stereocenters. The maximum absolute atomic E-state index is 10.7. The number of aliphatic carboxylic acids is 1. The minimum absolute atomic E-state index is 0.189. The summed E-state index contributed by atoms with van der Waals surface area (Å²) in [6.07, 6.45) is 0. The molecule has 10 heteroatoms. The fourth-order valence-corrected chi connectivity index (χ4v) is 3.09. The average molecular weight is 413 g/mol. The molecule has 0 unspecified atom stereocenters. The molecule has 1 aromatic carbocycles. The van der Waals surface area contributed by atoms with E-state index in [0.717, 1.165) is 11.8 Å². The van der Waals surface area contributed by atoms with Crippen LogP contribution >= 0.6 is 50.9 Å². The van der Waals surface area contributed by atoms with Gasteiger partial charge in [0.25, 0.3) is 0 Å². The van der Waals surface area contributed by atoms with E-state index in [9.17, 15) is 9.90 Å². The molecule has 0 radical (unpaired) electrons. The molecule has 112 valence electrons. The van der Waals surface area contributed by atoms with Crippen molar-refractivity contribution in [1.29, 1.82) is 0 Å². The van der Waals surface area contributed by atoms with Crippen LogP contribution in [0.1, 0.15) is 5.82 Å². The van der Waals surface area contributed by atoms with Crippen molar-refractivity contribution in [1.82, 2.24) is 14.8 Å². The summed E-state index contributed by atoms with van der Waals surface area (Å²) in [5.74, 6) is -0.936. The highest BCUT2D eigenvalue weighted by molar-refractivity contribution is 9.10. The van der Waals surface area contributed by atoms with Gasteiger partial charge in [0.1, 0.15) is 6.61 Å². The van der Waals surface area contributed by atoms with Crippen LogP contribution in [0.4, 0.5) is 0 Å². The van der Waals surface area contributed by atoms with Crippen LogP contribution in [-0.4, -0.2) is 36.7 Å². The summed E-state index contributed by atoms with van der Waals surface area (Å²) in [5.41, 5.74) is 0.465. The minimum atomic E-state index is -0.986. The van der Waals surface area contributed by atoms with E-state index in [0.29, 0.717) is 20.3 Å². The zero-order valence-electron chi connectivity index (χ0n) is 10.3. The van der Waals surface area contributed by atoms with Crippen molar-refractivity contribution in [2.75, 3.05) is 5.75 Å². The molecule has 2 aromatic rings. The van der Waals surface area contributed by atoms with Gasteiger partial charge in [0.05, 0.1) is 21.5 Å². The normalized spacial score (nSPS) is 10.9. The number of aliphatic hydroxyl groups excluding tert-OH is 1. The lowest BCUT2D eigenvalue weighted by molar-refractivity contribution is -0.133. The van der Waals surface area contributed by atoms with Gasteiger partial charge in [-0.15, -0.1) is 10.2 Å². The first-order chi connectivity index (χ1) is 9.95. The van der Waals surface area contributed by atoms with Gasteiger partial charge in [0.2, 0.25) is 0 Å². The molecule has 0 aliphatic heterocycles. The first-order valence-electron chi connectivity index (χ1n) is 5.49. The van der Waals surface area contributed by atoms with Crippen LogP contribution in [-0.2, 0) is 11.4 Å². The Balaban J connectivity index is 2.54. The molecule has 0 bridgehead atoms. The minimum Gasteiger partial charge on any atom is -0.481 e. The molecule has 0 fully saturated rings. The summed E-state index contributed by atoms with van der Waals surface area (Å²) < 4.78 is 2.10. The maximum Gasteiger partial charge on any atom is 0.313 e. The number of aliphatic hydroxyl groups is 1. The predicted molar refractivity (Wildman–Crippen MR) is 83.4 cm³/mol. The fourth-order valence-electron chi connectivity index (χ4n) is 1.55. The molecule has 1 aromatic heterocycles. The van der Waals surface area contributed by atoms with Crippen LogP contribution in [0.5, 0.6) is 0 Å². The van der Waals surface area contributed by atoms with Gasteiger partial charge in [-0.3, -0.25) is 9.36 Å². The van der Waals surface area contributed by atoms with Crippen molar-refractivity contribution in [2.24, 2.45) is 0 Å². The second-order valence-corrected chi connectivity index (χ2v) is 6.32. The van der Waals surface area contributed by atoms with Gasteiger partial charge >= 0.3 is 5.97 Å². The number of halogens is 3. The first-order valence-corrected chi connectivity index (χ1v) is 8.02.